The fraction of sp³-hybridized carbons (Fsp3) is 0.680. The van der Waals surface area contributed by atoms with Crippen LogP contribution >= 0.6 is 0 Å². The molecule has 4 fully saturated rings. The average Bonchev–Trinajstić information content (AvgIpc) is 3.24. The van der Waals surface area contributed by atoms with Gasteiger partial charge in [0.1, 0.15) is 6.17 Å². The van der Waals surface area contributed by atoms with Crippen molar-refractivity contribution in [1.29, 1.82) is 5.26 Å². The van der Waals surface area contributed by atoms with Crippen molar-refractivity contribution in [2.24, 2.45) is 11.8 Å². The first-order chi connectivity index (χ1) is 17.0. The van der Waals surface area contributed by atoms with E-state index in [2.05, 4.69) is 31.9 Å². The average molecular weight is 501 g/mol. The third-order valence-electron chi connectivity index (χ3n) is 8.13. The molecule has 4 N–H and O–H groups in total. The van der Waals surface area contributed by atoms with E-state index >= 15 is 0 Å². The van der Waals surface area contributed by atoms with Crippen LogP contribution in [0.5, 0.6) is 0 Å². The Morgan fingerprint density at radius 2 is 1.66 bits per heavy atom. The van der Waals surface area contributed by atoms with Gasteiger partial charge < -0.3 is 10.6 Å². The SMILES string of the molecule is N#C[C@H]1CCCC[C@@H]1N1NC(Nc2ccc(S(=O)(=O)NC3CCCCC3)cc2)C2C(=O)NCCC21. The molecule has 3 unspecified atom stereocenters. The van der Waals surface area contributed by atoms with Crippen LogP contribution in [-0.4, -0.2) is 50.2 Å². The summed E-state index contributed by atoms with van der Waals surface area (Å²) < 4.78 is 28.5. The maximum atomic E-state index is 12.9. The van der Waals surface area contributed by atoms with Gasteiger partial charge >= 0.3 is 0 Å². The minimum atomic E-state index is -3.56. The van der Waals surface area contributed by atoms with Gasteiger partial charge in [-0.3, -0.25) is 4.79 Å². The van der Waals surface area contributed by atoms with E-state index in [-0.39, 0.29) is 46.9 Å². The maximum Gasteiger partial charge on any atom is 0.240 e. The van der Waals surface area contributed by atoms with E-state index in [4.69, 9.17) is 0 Å². The lowest BCUT2D eigenvalue weighted by molar-refractivity contribution is -0.128. The lowest BCUT2D eigenvalue weighted by Crippen LogP contribution is -2.54. The standard InChI is InChI=1S/C25H36N6O3S/c26-16-17-6-4-5-9-21(17)31-22-14-15-27-25(32)23(22)24(29-31)28-18-10-12-20(13-11-18)35(33,34)30-19-7-2-1-3-8-19/h10-13,17,19,21-24,28-30H,1-9,14-15H2,(H,27,32)/t17-,21+,22?,23?,24?/m1/s1. The Bertz CT molecular complexity index is 1050. The molecule has 2 saturated carbocycles. The highest BCUT2D eigenvalue weighted by Gasteiger charge is 2.51. The molecular formula is C25H36N6O3S. The van der Waals surface area contributed by atoms with E-state index in [9.17, 15) is 18.5 Å². The van der Waals surface area contributed by atoms with Crippen LogP contribution in [0, 0.1) is 23.2 Å². The van der Waals surface area contributed by atoms with Crippen LogP contribution in [0.3, 0.4) is 0 Å². The quantitative estimate of drug-likeness (QED) is 0.473. The van der Waals surface area contributed by atoms with Crippen LogP contribution in [0.1, 0.15) is 64.2 Å². The summed E-state index contributed by atoms with van der Waals surface area (Å²) in [5, 5.41) is 18.3. The van der Waals surface area contributed by atoms with Crippen LogP contribution in [0.15, 0.2) is 29.2 Å². The van der Waals surface area contributed by atoms with Crippen molar-refractivity contribution < 1.29 is 13.2 Å². The number of nitriles is 1. The van der Waals surface area contributed by atoms with Crippen molar-refractivity contribution in [3.63, 3.8) is 0 Å². The third kappa shape index (κ3) is 5.19. The fourth-order valence-electron chi connectivity index (χ4n) is 6.31. The second-order valence-electron chi connectivity index (χ2n) is 10.4. The largest absolute Gasteiger partial charge is 0.368 e. The number of hydrogen-bond donors (Lipinski definition) is 4. The highest BCUT2D eigenvalue weighted by Crippen LogP contribution is 2.36. The zero-order valence-electron chi connectivity index (χ0n) is 20.1. The molecule has 5 rings (SSSR count). The predicted molar refractivity (Wildman–Crippen MR) is 132 cm³/mol. The topological polar surface area (TPSA) is 126 Å². The van der Waals surface area contributed by atoms with E-state index in [1.54, 1.807) is 24.3 Å². The van der Waals surface area contributed by atoms with Crippen molar-refractivity contribution in [3.05, 3.63) is 24.3 Å². The summed E-state index contributed by atoms with van der Waals surface area (Å²) in [6, 6.07) is 9.37. The Morgan fingerprint density at radius 1 is 0.943 bits per heavy atom. The number of nitrogens with one attached hydrogen (secondary N) is 4. The number of fused-ring (bicyclic) bond motifs is 1. The molecule has 1 amide bonds. The molecule has 0 radical (unpaired) electrons. The summed E-state index contributed by atoms with van der Waals surface area (Å²) in [6.45, 7) is 0.634. The van der Waals surface area contributed by atoms with Crippen molar-refractivity contribution in [3.8, 4) is 6.07 Å². The van der Waals surface area contributed by atoms with Gasteiger partial charge in [-0.05, 0) is 56.4 Å². The zero-order valence-corrected chi connectivity index (χ0v) is 20.9. The Balaban J connectivity index is 1.29. The molecule has 9 nitrogen and oxygen atoms in total. The Morgan fingerprint density at radius 3 is 2.40 bits per heavy atom. The number of nitrogens with zero attached hydrogens (tertiary/aromatic N) is 2. The molecule has 0 spiro atoms. The zero-order chi connectivity index (χ0) is 24.4. The molecule has 1 aromatic carbocycles. The van der Waals surface area contributed by atoms with Crippen LogP contribution in [0.2, 0.25) is 0 Å². The smallest absolute Gasteiger partial charge is 0.240 e. The number of anilines is 1. The van der Waals surface area contributed by atoms with Crippen molar-refractivity contribution in [1.82, 2.24) is 20.5 Å². The van der Waals surface area contributed by atoms with Gasteiger partial charge in [-0.2, -0.15) is 5.26 Å². The molecule has 2 heterocycles. The van der Waals surface area contributed by atoms with E-state index in [0.717, 1.165) is 63.5 Å². The highest BCUT2D eigenvalue weighted by atomic mass is 32.2. The van der Waals surface area contributed by atoms with Crippen LogP contribution in [0.4, 0.5) is 5.69 Å². The fourth-order valence-corrected chi connectivity index (χ4v) is 7.62. The van der Waals surface area contributed by atoms with E-state index in [0.29, 0.717) is 6.54 Å². The van der Waals surface area contributed by atoms with Crippen LogP contribution in [0.25, 0.3) is 0 Å². The first kappa shape index (κ1) is 24.5. The summed E-state index contributed by atoms with van der Waals surface area (Å²) in [5.74, 6) is -0.322. The maximum absolute atomic E-state index is 12.9. The molecule has 2 saturated heterocycles. The number of carbonyl (C=O) groups excluding carboxylic acids is 1. The van der Waals surface area contributed by atoms with E-state index in [1.807, 2.05) is 0 Å². The molecule has 1 aromatic rings. The number of benzene rings is 1. The van der Waals surface area contributed by atoms with Gasteiger partial charge in [0.05, 0.1) is 22.8 Å². The molecule has 190 valence electrons. The number of carbonyl (C=O) groups is 1. The minimum absolute atomic E-state index is 0.00828. The first-order valence-corrected chi connectivity index (χ1v) is 14.6. The Kier molecular flexibility index (Phi) is 7.30. The first-order valence-electron chi connectivity index (χ1n) is 13.1. The highest BCUT2D eigenvalue weighted by molar-refractivity contribution is 7.89. The molecule has 10 heteroatoms. The summed E-state index contributed by atoms with van der Waals surface area (Å²) in [5.41, 5.74) is 4.27. The van der Waals surface area contributed by atoms with Gasteiger partial charge in [-0.15, -0.1) is 0 Å². The number of sulfonamides is 1. The minimum Gasteiger partial charge on any atom is -0.368 e. The lowest BCUT2D eigenvalue weighted by Gasteiger charge is -2.39. The number of amides is 1. The molecule has 35 heavy (non-hydrogen) atoms. The molecule has 2 aliphatic carbocycles. The summed E-state index contributed by atoms with van der Waals surface area (Å²) >= 11 is 0. The second kappa shape index (κ2) is 10.4. The summed E-state index contributed by atoms with van der Waals surface area (Å²) in [7, 11) is -3.56. The molecular weight excluding hydrogens is 464 g/mol. The summed E-state index contributed by atoms with van der Waals surface area (Å²) in [6.07, 6.45) is 9.59. The molecule has 2 aliphatic heterocycles. The van der Waals surface area contributed by atoms with Gasteiger partial charge in [0.25, 0.3) is 0 Å². The second-order valence-corrected chi connectivity index (χ2v) is 12.1. The Hall–Kier alpha value is -2.19. The third-order valence-corrected chi connectivity index (χ3v) is 9.66. The van der Waals surface area contributed by atoms with Gasteiger partial charge in [-0.1, -0.05) is 32.1 Å². The Labute approximate surface area is 208 Å². The number of hydrazine groups is 1. The number of hydrogen-bond acceptors (Lipinski definition) is 7. The molecule has 0 bridgehead atoms. The van der Waals surface area contributed by atoms with Crippen LogP contribution < -0.4 is 20.8 Å². The van der Waals surface area contributed by atoms with Gasteiger partial charge in [0.15, 0.2) is 0 Å². The monoisotopic (exact) mass is 500 g/mol. The molecule has 0 aromatic heterocycles. The van der Waals surface area contributed by atoms with Crippen LogP contribution in [-0.2, 0) is 14.8 Å². The van der Waals surface area contributed by atoms with Crippen molar-refractivity contribution in [2.45, 2.75) is 93.4 Å². The molecule has 4 aliphatic rings. The molecule has 5 atom stereocenters. The predicted octanol–water partition coefficient (Wildman–Crippen LogP) is 2.44. The van der Waals surface area contributed by atoms with E-state index < -0.39 is 10.0 Å². The summed E-state index contributed by atoms with van der Waals surface area (Å²) in [4.78, 5) is 13.1. The van der Waals surface area contributed by atoms with Gasteiger partial charge in [0.2, 0.25) is 15.9 Å². The van der Waals surface area contributed by atoms with Gasteiger partial charge in [0, 0.05) is 30.4 Å². The lowest BCUT2D eigenvalue weighted by atomic mass is 9.83. The van der Waals surface area contributed by atoms with Crippen molar-refractivity contribution in [2.75, 3.05) is 11.9 Å². The van der Waals surface area contributed by atoms with Gasteiger partial charge in [-0.25, -0.2) is 23.6 Å². The normalized spacial score (nSPS) is 32.4. The number of piperidine rings is 1. The van der Waals surface area contributed by atoms with Crippen molar-refractivity contribution >= 4 is 21.6 Å². The van der Waals surface area contributed by atoms with E-state index in [1.165, 1.54) is 6.42 Å². The number of rotatable bonds is 6.